The Morgan fingerprint density at radius 1 is 1.09 bits per heavy atom. The number of hydrogen-bond acceptors (Lipinski definition) is 8. The van der Waals surface area contributed by atoms with Crippen molar-refractivity contribution in [3.63, 3.8) is 0 Å². The van der Waals surface area contributed by atoms with Gasteiger partial charge < -0.3 is 10.1 Å². The molecule has 2 unspecified atom stereocenters. The van der Waals surface area contributed by atoms with E-state index in [4.69, 9.17) is 23.8 Å². The number of likely N-dealkylation sites (N-methyl/N-ethyl adjacent to an activating group) is 2. The molecule has 0 spiro atoms. The predicted molar refractivity (Wildman–Crippen MR) is 115 cm³/mol. The molecule has 2 atom stereocenters. The van der Waals surface area contributed by atoms with Crippen molar-refractivity contribution in [2.24, 2.45) is 5.16 Å². The molecule has 4 rings (SSSR count). The molecule has 0 amide bonds. The minimum absolute atomic E-state index is 0.0207. The van der Waals surface area contributed by atoms with Gasteiger partial charge in [0, 0.05) is 35.5 Å². The second kappa shape index (κ2) is 9.76. The van der Waals surface area contributed by atoms with Crippen LogP contribution in [0.25, 0.3) is 0 Å². The summed E-state index contributed by atoms with van der Waals surface area (Å²) in [5.41, 5.74) is 5.06. The van der Waals surface area contributed by atoms with Gasteiger partial charge in [-0.2, -0.15) is 0 Å². The number of para-hydroxylation sites is 1. The van der Waals surface area contributed by atoms with Gasteiger partial charge in [0.05, 0.1) is 12.5 Å². The van der Waals surface area contributed by atoms with Gasteiger partial charge in [0.1, 0.15) is 23.8 Å². The van der Waals surface area contributed by atoms with E-state index in [0.29, 0.717) is 0 Å². The van der Waals surface area contributed by atoms with Gasteiger partial charge in [-0.3, -0.25) is 4.90 Å². The van der Waals surface area contributed by atoms with E-state index in [-0.39, 0.29) is 16.9 Å². The first-order valence-electron chi connectivity index (χ1n) is 10.2. The van der Waals surface area contributed by atoms with Crippen molar-refractivity contribution in [2.75, 3.05) is 19.0 Å². The first-order valence-corrected chi connectivity index (χ1v) is 11.5. The number of rotatable bonds is 1. The van der Waals surface area contributed by atoms with Crippen LogP contribution in [0.1, 0.15) is 38.8 Å². The molecule has 180 valence electrons. The Labute approximate surface area is 196 Å². The van der Waals surface area contributed by atoms with Crippen molar-refractivity contribution in [3.05, 3.63) is 66.0 Å². The lowest BCUT2D eigenvalue weighted by Gasteiger charge is -2.23. The van der Waals surface area contributed by atoms with Crippen molar-refractivity contribution in [2.45, 2.75) is 44.6 Å². The summed E-state index contributed by atoms with van der Waals surface area (Å²) in [4.78, 5) is 7.70. The Bertz CT molecular complexity index is 1010. The van der Waals surface area contributed by atoms with Crippen molar-refractivity contribution in [1.82, 2.24) is 4.98 Å². The summed E-state index contributed by atoms with van der Waals surface area (Å²) in [7, 11) is -0.817. The molecule has 1 aromatic heterocycles. The summed E-state index contributed by atoms with van der Waals surface area (Å²) in [5, 5.41) is 11.9. The van der Waals surface area contributed by atoms with Crippen molar-refractivity contribution in [3.8, 4) is 0 Å². The fourth-order valence-corrected chi connectivity index (χ4v) is 4.48. The summed E-state index contributed by atoms with van der Waals surface area (Å²) < 4.78 is 34.0. The molecule has 0 aliphatic carbocycles. The van der Waals surface area contributed by atoms with Crippen LogP contribution in [0.15, 0.2) is 60.0 Å². The van der Waals surface area contributed by atoms with Crippen molar-refractivity contribution >= 4 is 17.7 Å². The van der Waals surface area contributed by atoms with Gasteiger partial charge in [-0.15, -0.1) is 10.2 Å². The van der Waals surface area contributed by atoms with Crippen molar-refractivity contribution in [1.29, 1.82) is 0 Å². The van der Waals surface area contributed by atoms with Crippen LogP contribution in [0.5, 0.6) is 0 Å². The van der Waals surface area contributed by atoms with E-state index in [2.05, 4.69) is 86.7 Å². The summed E-state index contributed by atoms with van der Waals surface area (Å²) in [5.74, 6) is 1.04. The SMILES string of the molecule is C=C1N(C)c2ncccc2C1(C)C.C[NH+]1c2ccccc2C(C)(C)C1C=NO.[O-][Cl+3]([O-])([O-])[O-]. The molecule has 0 radical (unpaired) electrons. The van der Waals surface area contributed by atoms with E-state index in [0.717, 1.165) is 11.5 Å². The second-order valence-corrected chi connectivity index (χ2v) is 9.83. The highest BCUT2D eigenvalue weighted by molar-refractivity contribution is 5.69. The number of quaternary nitrogens is 1. The molecule has 0 saturated heterocycles. The normalized spacial score (nSPS) is 22.1. The summed E-state index contributed by atoms with van der Waals surface area (Å²) >= 11 is 0. The molecule has 2 aromatic rings. The van der Waals surface area contributed by atoms with E-state index in [1.807, 2.05) is 19.3 Å². The number of aromatic nitrogens is 1. The van der Waals surface area contributed by atoms with Crippen molar-refractivity contribution < 1.29 is 39.0 Å². The van der Waals surface area contributed by atoms with Crippen LogP contribution in [0.4, 0.5) is 11.5 Å². The van der Waals surface area contributed by atoms with Gasteiger partial charge in [0.15, 0.2) is 0 Å². The quantitative estimate of drug-likeness (QED) is 0.289. The minimum atomic E-state index is -4.94. The standard InChI is InChI=1S/C12H16N2O.C11H14N2.ClHO4/c1-12(2)9-6-4-5-7-10(9)14(3)11(12)8-13-15;1-8-11(2,3)9-6-5-7-12-10(9)13(8)4;2-1(3,4)5/h4-8,11,15H,1-3H3;5-7H,1H2,2-4H3;(H,2,3,4,5). The number of pyridine rings is 1. The molecular weight excluding hydrogens is 448 g/mol. The molecule has 0 fully saturated rings. The maximum Gasteiger partial charge on any atom is 0.140 e. The third-order valence-electron chi connectivity index (χ3n) is 6.41. The molecular formula is C23H31ClN4O5. The van der Waals surface area contributed by atoms with Crippen LogP contribution < -0.4 is 28.4 Å². The number of oxime groups is 1. The molecule has 2 aliphatic heterocycles. The van der Waals surface area contributed by atoms with E-state index >= 15 is 0 Å². The lowest BCUT2D eigenvalue weighted by Crippen LogP contribution is -3.08. The van der Waals surface area contributed by atoms with Crippen LogP contribution in [0.3, 0.4) is 0 Å². The topological polar surface area (TPSA) is 145 Å². The van der Waals surface area contributed by atoms with E-state index < -0.39 is 10.2 Å². The number of hydrogen-bond donors (Lipinski definition) is 2. The third-order valence-corrected chi connectivity index (χ3v) is 6.41. The van der Waals surface area contributed by atoms with Gasteiger partial charge >= 0.3 is 0 Å². The zero-order valence-electron chi connectivity index (χ0n) is 19.7. The second-order valence-electron chi connectivity index (χ2n) is 9.08. The average molecular weight is 479 g/mol. The Balaban J connectivity index is 0.000000196. The molecule has 3 heterocycles. The fourth-order valence-electron chi connectivity index (χ4n) is 4.48. The third kappa shape index (κ3) is 5.70. The van der Waals surface area contributed by atoms with Crippen LogP contribution >= 0.6 is 0 Å². The van der Waals surface area contributed by atoms with Gasteiger partial charge in [-0.25, -0.2) is 23.6 Å². The number of anilines is 1. The maximum atomic E-state index is 8.71. The zero-order valence-corrected chi connectivity index (χ0v) is 20.5. The number of nitrogens with one attached hydrogen (secondary N) is 1. The summed E-state index contributed by atoms with van der Waals surface area (Å²) in [6, 6.07) is 12.7. The molecule has 9 nitrogen and oxygen atoms in total. The molecule has 0 saturated carbocycles. The first kappa shape index (κ1) is 26.7. The lowest BCUT2D eigenvalue weighted by molar-refractivity contribution is -2.00. The van der Waals surface area contributed by atoms with E-state index in [1.165, 1.54) is 21.7 Å². The monoisotopic (exact) mass is 478 g/mol. The summed E-state index contributed by atoms with van der Waals surface area (Å²) in [6.45, 7) is 12.8. The minimum Gasteiger partial charge on any atom is -0.411 e. The molecule has 2 N–H and O–H groups in total. The highest BCUT2D eigenvalue weighted by atomic mass is 35.7. The summed E-state index contributed by atoms with van der Waals surface area (Å²) in [6.07, 6.45) is 3.46. The predicted octanol–water partition coefficient (Wildman–Crippen LogP) is -1.48. The van der Waals surface area contributed by atoms with Crippen LogP contribution in [0.2, 0.25) is 0 Å². The number of halogens is 1. The number of fused-ring (bicyclic) bond motifs is 2. The van der Waals surface area contributed by atoms with Gasteiger partial charge in [-0.05, 0) is 26.0 Å². The van der Waals surface area contributed by atoms with Crippen LogP contribution in [-0.2, 0) is 10.8 Å². The highest BCUT2D eigenvalue weighted by Gasteiger charge is 2.46. The highest BCUT2D eigenvalue weighted by Crippen LogP contribution is 2.44. The maximum absolute atomic E-state index is 8.71. The van der Waals surface area contributed by atoms with Gasteiger partial charge in [0.25, 0.3) is 0 Å². The van der Waals surface area contributed by atoms with E-state index in [9.17, 15) is 0 Å². The first-order chi connectivity index (χ1) is 15.1. The smallest absolute Gasteiger partial charge is 0.140 e. The largest absolute Gasteiger partial charge is 0.411 e. The fraction of sp³-hybridized carbons (Fsp3) is 0.391. The zero-order chi connectivity index (χ0) is 25.2. The molecule has 0 bridgehead atoms. The Morgan fingerprint density at radius 2 is 1.64 bits per heavy atom. The molecule has 10 heteroatoms. The van der Waals surface area contributed by atoms with Gasteiger partial charge in [-0.1, -0.05) is 49.8 Å². The average Bonchev–Trinajstić information content (AvgIpc) is 3.03. The van der Waals surface area contributed by atoms with E-state index in [1.54, 1.807) is 6.21 Å². The number of nitrogens with zero attached hydrogens (tertiary/aromatic N) is 3. The van der Waals surface area contributed by atoms with Crippen LogP contribution in [0, 0.1) is 10.2 Å². The number of benzene rings is 1. The lowest BCUT2D eigenvalue weighted by atomic mass is 9.81. The van der Waals surface area contributed by atoms with Crippen LogP contribution in [-0.4, -0.2) is 36.5 Å². The Hall–Kier alpha value is -2.53. The molecule has 33 heavy (non-hydrogen) atoms. The van der Waals surface area contributed by atoms with Gasteiger partial charge in [0.2, 0.25) is 0 Å². The molecule has 1 aromatic carbocycles. The number of allylic oxidation sites excluding steroid dienone is 1. The Morgan fingerprint density at radius 3 is 2.15 bits per heavy atom. The Kier molecular flexibility index (Phi) is 7.90. The molecule has 2 aliphatic rings.